The molecule has 0 aromatic carbocycles. The van der Waals surface area contributed by atoms with E-state index in [-0.39, 0.29) is 0 Å². The second kappa shape index (κ2) is 3.92. The topological polar surface area (TPSA) is 24.7 Å². The lowest BCUT2D eigenvalue weighted by atomic mass is 9.90. The summed E-state index contributed by atoms with van der Waals surface area (Å²) in [6.45, 7) is 0. The number of rotatable bonds is 2. The molecule has 2 rings (SSSR count). The number of nitrogens with zero attached hydrogens (tertiary/aromatic N) is 2. The normalized spacial score (nSPS) is 26.6. The number of allylic oxidation sites excluding steroid dienone is 2. The van der Waals surface area contributed by atoms with Crippen LogP contribution >= 0.6 is 12.2 Å². The van der Waals surface area contributed by atoms with Gasteiger partial charge in [-0.25, -0.2) is 9.98 Å². The predicted octanol–water partition coefficient (Wildman–Crippen LogP) is 2.54. The number of thiocarbonyl (C=S) groups is 1. The molecule has 0 aromatic heterocycles. The van der Waals surface area contributed by atoms with E-state index < -0.39 is 0 Å². The smallest absolute Gasteiger partial charge is 0.219 e. The van der Waals surface area contributed by atoms with Gasteiger partial charge in [-0.05, 0) is 43.8 Å². The zero-order valence-corrected chi connectivity index (χ0v) is 8.26. The van der Waals surface area contributed by atoms with Gasteiger partial charge in [0.25, 0.3) is 0 Å². The van der Waals surface area contributed by atoms with Crippen molar-refractivity contribution in [1.82, 2.24) is 0 Å². The minimum Gasteiger partial charge on any atom is -0.225 e. The average molecular weight is 192 g/mol. The molecule has 0 N–H and O–H groups in total. The molecule has 0 saturated carbocycles. The van der Waals surface area contributed by atoms with E-state index in [0.717, 1.165) is 18.1 Å². The summed E-state index contributed by atoms with van der Waals surface area (Å²) in [4.78, 5) is 8.15. The molecule has 3 heteroatoms. The zero-order chi connectivity index (χ0) is 9.10. The highest BCUT2D eigenvalue weighted by molar-refractivity contribution is 7.80. The van der Waals surface area contributed by atoms with Crippen molar-refractivity contribution in [3.8, 4) is 0 Å². The highest BCUT2D eigenvalue weighted by Gasteiger charge is 2.14. The lowest BCUT2D eigenvalue weighted by molar-refractivity contribution is 0.499. The summed E-state index contributed by atoms with van der Waals surface area (Å²) in [5.74, 6) is 0.746. The van der Waals surface area contributed by atoms with Crippen LogP contribution in [0.3, 0.4) is 0 Å². The van der Waals surface area contributed by atoms with Crippen LogP contribution in [0.1, 0.15) is 25.7 Å². The quantitative estimate of drug-likeness (QED) is 0.487. The number of hydrogen-bond acceptors (Lipinski definition) is 1. The fourth-order valence-corrected chi connectivity index (χ4v) is 1.92. The molecule has 1 heterocycles. The van der Waals surface area contributed by atoms with E-state index in [1.807, 2.05) is 0 Å². The van der Waals surface area contributed by atoms with E-state index in [2.05, 4.69) is 22.1 Å². The Balaban J connectivity index is 1.91. The first kappa shape index (κ1) is 8.75. The Kier molecular flexibility index (Phi) is 2.64. The van der Waals surface area contributed by atoms with Gasteiger partial charge >= 0.3 is 0 Å². The van der Waals surface area contributed by atoms with Gasteiger partial charge in [-0.15, -0.1) is 0 Å². The van der Waals surface area contributed by atoms with Crippen LogP contribution in [0.25, 0.3) is 0 Å². The third kappa shape index (κ3) is 2.31. The van der Waals surface area contributed by atoms with Crippen molar-refractivity contribution in [2.45, 2.75) is 25.7 Å². The molecular weight excluding hydrogens is 180 g/mol. The van der Waals surface area contributed by atoms with Crippen LogP contribution in [0.4, 0.5) is 0 Å². The van der Waals surface area contributed by atoms with Gasteiger partial charge in [0.1, 0.15) is 0 Å². The summed E-state index contributed by atoms with van der Waals surface area (Å²) in [6.07, 6.45) is 11.0. The third-order valence-corrected chi connectivity index (χ3v) is 2.64. The molecule has 1 atom stereocenters. The standard InChI is InChI=1S/C10H12N2S/c13-10-11-7-9(12-10)6-8-4-2-1-3-5-8/h1-2,7-8H,3-6H2. The summed E-state index contributed by atoms with van der Waals surface area (Å²) >= 11 is 4.86. The first-order valence-corrected chi connectivity index (χ1v) is 5.06. The van der Waals surface area contributed by atoms with E-state index in [1.165, 1.54) is 19.3 Å². The molecule has 1 aliphatic carbocycles. The molecule has 0 amide bonds. The molecule has 13 heavy (non-hydrogen) atoms. The lowest BCUT2D eigenvalue weighted by Gasteiger charge is -2.16. The highest BCUT2D eigenvalue weighted by Crippen LogP contribution is 2.22. The van der Waals surface area contributed by atoms with Crippen molar-refractivity contribution in [3.63, 3.8) is 0 Å². The lowest BCUT2D eigenvalue weighted by Crippen LogP contribution is -2.09. The fraction of sp³-hybridized carbons (Fsp3) is 0.500. The van der Waals surface area contributed by atoms with Gasteiger partial charge in [0.15, 0.2) is 0 Å². The van der Waals surface area contributed by atoms with Crippen molar-refractivity contribution in [1.29, 1.82) is 0 Å². The van der Waals surface area contributed by atoms with E-state index in [4.69, 9.17) is 12.2 Å². The maximum atomic E-state index is 4.86. The largest absolute Gasteiger partial charge is 0.225 e. The van der Waals surface area contributed by atoms with Crippen LogP contribution in [0, 0.1) is 5.92 Å². The molecule has 0 radical (unpaired) electrons. The van der Waals surface area contributed by atoms with Crippen molar-refractivity contribution in [2.75, 3.05) is 0 Å². The summed E-state index contributed by atoms with van der Waals surface area (Å²) < 4.78 is 0. The predicted molar refractivity (Wildman–Crippen MR) is 59.6 cm³/mol. The van der Waals surface area contributed by atoms with Gasteiger partial charge < -0.3 is 0 Å². The molecule has 0 spiro atoms. The van der Waals surface area contributed by atoms with E-state index >= 15 is 0 Å². The van der Waals surface area contributed by atoms with Crippen LogP contribution in [-0.4, -0.2) is 17.0 Å². The maximum Gasteiger partial charge on any atom is 0.219 e. The minimum atomic E-state index is 0.487. The van der Waals surface area contributed by atoms with E-state index in [1.54, 1.807) is 6.21 Å². The van der Waals surface area contributed by atoms with Crippen LogP contribution in [0.5, 0.6) is 0 Å². The summed E-state index contributed by atoms with van der Waals surface area (Å²) in [6, 6.07) is 0. The molecule has 1 unspecified atom stereocenters. The van der Waals surface area contributed by atoms with Crippen LogP contribution in [-0.2, 0) is 0 Å². The van der Waals surface area contributed by atoms with Crippen molar-refractivity contribution in [3.05, 3.63) is 12.2 Å². The Morgan fingerprint density at radius 2 is 2.38 bits per heavy atom. The highest BCUT2D eigenvalue weighted by atomic mass is 32.1. The van der Waals surface area contributed by atoms with E-state index in [0.29, 0.717) is 5.11 Å². The maximum absolute atomic E-state index is 4.86. The van der Waals surface area contributed by atoms with E-state index in [9.17, 15) is 0 Å². The van der Waals surface area contributed by atoms with Gasteiger partial charge in [0.05, 0.1) is 11.9 Å². The van der Waals surface area contributed by atoms with Gasteiger partial charge in [-0.1, -0.05) is 12.2 Å². The molecule has 0 saturated heterocycles. The van der Waals surface area contributed by atoms with Gasteiger partial charge in [-0.2, -0.15) is 0 Å². The molecule has 2 aliphatic rings. The van der Waals surface area contributed by atoms with Gasteiger partial charge in [-0.3, -0.25) is 0 Å². The van der Waals surface area contributed by atoms with Crippen LogP contribution in [0.15, 0.2) is 22.1 Å². The van der Waals surface area contributed by atoms with Crippen molar-refractivity contribution < 1.29 is 0 Å². The fourth-order valence-electron chi connectivity index (χ4n) is 1.75. The number of hydrogen-bond donors (Lipinski definition) is 0. The molecule has 0 aromatic rings. The summed E-state index contributed by atoms with van der Waals surface area (Å²) in [5.41, 5.74) is 1.06. The third-order valence-electron chi connectivity index (χ3n) is 2.44. The minimum absolute atomic E-state index is 0.487. The number of aliphatic imine (C=N–C) groups is 2. The molecule has 0 fully saturated rings. The SMILES string of the molecule is S=C1N=CC(CC2CC=CCC2)=N1. The second-order valence-corrected chi connectivity index (χ2v) is 3.86. The molecule has 68 valence electrons. The Labute approximate surface area is 83.5 Å². The molecular formula is C10H12N2S. The monoisotopic (exact) mass is 192 g/mol. The molecule has 2 nitrogen and oxygen atoms in total. The van der Waals surface area contributed by atoms with Crippen LogP contribution < -0.4 is 0 Å². The summed E-state index contributed by atoms with van der Waals surface area (Å²) in [5, 5.41) is 0.487. The Hall–Kier alpha value is -0.830. The zero-order valence-electron chi connectivity index (χ0n) is 7.44. The molecule has 1 aliphatic heterocycles. The second-order valence-electron chi connectivity index (χ2n) is 3.50. The van der Waals surface area contributed by atoms with Gasteiger partial charge in [0, 0.05) is 0 Å². The van der Waals surface area contributed by atoms with Crippen molar-refractivity contribution >= 4 is 29.3 Å². The van der Waals surface area contributed by atoms with Crippen molar-refractivity contribution in [2.24, 2.45) is 15.9 Å². The summed E-state index contributed by atoms with van der Waals surface area (Å²) in [7, 11) is 0. The Morgan fingerprint density at radius 3 is 3.00 bits per heavy atom. The first-order chi connectivity index (χ1) is 6.34. The molecule has 0 bridgehead atoms. The van der Waals surface area contributed by atoms with Gasteiger partial charge in [0.2, 0.25) is 5.11 Å². The van der Waals surface area contributed by atoms with Crippen LogP contribution in [0.2, 0.25) is 0 Å². The Morgan fingerprint density at radius 1 is 1.46 bits per heavy atom. The Bertz CT molecular complexity index is 302. The first-order valence-electron chi connectivity index (χ1n) is 4.65. The average Bonchev–Trinajstić information content (AvgIpc) is 2.53.